The Hall–Kier alpha value is 0.133. The third kappa shape index (κ3) is 3.55. The van der Waals surface area contributed by atoms with Crippen molar-refractivity contribution in [3.63, 3.8) is 0 Å². The number of thiophene rings is 1. The van der Waals surface area contributed by atoms with Crippen molar-refractivity contribution in [3.8, 4) is 10.4 Å². The van der Waals surface area contributed by atoms with Gasteiger partial charge in [0.15, 0.2) is 0 Å². The van der Waals surface area contributed by atoms with Crippen LogP contribution >= 0.6 is 34.6 Å². The van der Waals surface area contributed by atoms with E-state index in [1.165, 1.54) is 23.5 Å². The van der Waals surface area contributed by atoms with Gasteiger partial charge >= 0.3 is 0 Å². The van der Waals surface area contributed by atoms with Gasteiger partial charge in [-0.1, -0.05) is 6.07 Å². The predicted molar refractivity (Wildman–Crippen MR) is 70.0 cm³/mol. The number of rotatable bonds is 2. The maximum absolute atomic E-state index is 11.2. The van der Waals surface area contributed by atoms with Crippen LogP contribution in [0.2, 0.25) is 0 Å². The normalized spacial score (nSPS) is 10.9. The van der Waals surface area contributed by atoms with E-state index in [0.717, 1.165) is 15.3 Å². The summed E-state index contributed by atoms with van der Waals surface area (Å²) in [4.78, 5) is 1.79. The first-order valence-corrected chi connectivity index (χ1v) is 7.93. The third-order valence-electron chi connectivity index (χ3n) is 2.04. The quantitative estimate of drug-likeness (QED) is 0.507. The largest absolute Gasteiger partial charge is 0.261 e. The summed E-state index contributed by atoms with van der Waals surface area (Å²) in [6, 6.07) is 8.42. The Morgan fingerprint density at radius 2 is 1.94 bits per heavy atom. The molecule has 7 heteroatoms. The van der Waals surface area contributed by atoms with Gasteiger partial charge in [-0.15, -0.1) is 24.0 Å². The molecular weight excluding hydrogens is 349 g/mol. The maximum Gasteiger partial charge on any atom is 0.261 e. The molecule has 0 saturated heterocycles. The van der Waals surface area contributed by atoms with Crippen molar-refractivity contribution in [3.05, 3.63) is 35.7 Å². The molecule has 2 nitrogen and oxygen atoms in total. The van der Waals surface area contributed by atoms with Crippen molar-refractivity contribution in [1.82, 2.24) is 0 Å². The molecule has 0 atom stereocenters. The summed E-state index contributed by atoms with van der Waals surface area (Å²) < 4.78 is 22.4. The third-order valence-corrected chi connectivity index (χ3v) is 4.68. The molecule has 0 aliphatic heterocycles. The van der Waals surface area contributed by atoms with Crippen LogP contribution in [0.5, 0.6) is 0 Å². The van der Waals surface area contributed by atoms with Crippen molar-refractivity contribution in [2.75, 3.05) is 0 Å². The molecule has 0 N–H and O–H groups in total. The van der Waals surface area contributed by atoms with Gasteiger partial charge < -0.3 is 0 Å². The number of thiol groups is 1. The fourth-order valence-corrected chi connectivity index (χ4v) is 3.17. The molecule has 0 amide bonds. The zero-order valence-electron chi connectivity index (χ0n) is 8.63. The summed E-state index contributed by atoms with van der Waals surface area (Å²) in [6.07, 6.45) is 0. The van der Waals surface area contributed by atoms with Crippen molar-refractivity contribution in [2.45, 2.75) is 9.79 Å². The average molecular weight is 356 g/mol. The molecule has 0 aliphatic carbocycles. The van der Waals surface area contributed by atoms with Gasteiger partial charge in [-0.3, -0.25) is 0 Å². The SMILES string of the molecule is O=S(=O)(Cl)c1ccc(S)c(-c2cccs2)c1.[Zn]. The van der Waals surface area contributed by atoms with Gasteiger partial charge in [0.05, 0.1) is 4.90 Å². The van der Waals surface area contributed by atoms with Crippen LogP contribution in [0.15, 0.2) is 45.5 Å². The van der Waals surface area contributed by atoms with E-state index in [1.54, 1.807) is 6.07 Å². The standard InChI is InChI=1S/C10H7ClO2S3.Zn/c11-16(12,13)7-3-4-9(14)8(6-7)10-2-1-5-15-10;/h1-6,14H;. The molecule has 1 aromatic carbocycles. The molecule has 0 unspecified atom stereocenters. The molecular formula is C10H7ClO2S3Zn. The number of halogens is 1. The minimum absolute atomic E-state index is 0. The average Bonchev–Trinajstić information content (AvgIpc) is 2.69. The molecule has 2 rings (SSSR count). The number of hydrogen-bond donors (Lipinski definition) is 1. The molecule has 0 bridgehead atoms. The minimum Gasteiger partial charge on any atom is -0.207 e. The Morgan fingerprint density at radius 1 is 1.24 bits per heavy atom. The summed E-state index contributed by atoms with van der Waals surface area (Å²) in [7, 11) is 1.60. The second-order valence-corrected chi connectivity index (χ2v) is 7.09. The number of benzene rings is 1. The van der Waals surface area contributed by atoms with Crippen LogP contribution in [0.25, 0.3) is 10.4 Å². The van der Waals surface area contributed by atoms with E-state index in [9.17, 15) is 8.42 Å². The Morgan fingerprint density at radius 3 is 2.47 bits per heavy atom. The van der Waals surface area contributed by atoms with Crippen LogP contribution in [0.1, 0.15) is 0 Å². The van der Waals surface area contributed by atoms with Crippen LogP contribution in [0.3, 0.4) is 0 Å². The molecule has 17 heavy (non-hydrogen) atoms. The monoisotopic (exact) mass is 354 g/mol. The van der Waals surface area contributed by atoms with Crippen LogP contribution < -0.4 is 0 Å². The molecule has 2 aromatic rings. The van der Waals surface area contributed by atoms with Crippen LogP contribution in [-0.2, 0) is 28.5 Å². The molecule has 86 valence electrons. The second kappa shape index (κ2) is 5.85. The molecule has 1 aromatic heterocycles. The van der Waals surface area contributed by atoms with Crippen molar-refractivity contribution < 1.29 is 27.9 Å². The van der Waals surface area contributed by atoms with Crippen molar-refractivity contribution in [1.29, 1.82) is 0 Å². The van der Waals surface area contributed by atoms with Gasteiger partial charge in [0.25, 0.3) is 9.05 Å². The predicted octanol–water partition coefficient (Wildman–Crippen LogP) is 3.63. The van der Waals surface area contributed by atoms with Gasteiger partial charge in [-0.05, 0) is 29.6 Å². The van der Waals surface area contributed by atoms with Crippen molar-refractivity contribution in [2.24, 2.45) is 0 Å². The van der Waals surface area contributed by atoms with E-state index in [4.69, 9.17) is 10.7 Å². The van der Waals surface area contributed by atoms with Gasteiger partial charge in [0, 0.05) is 45.5 Å². The molecule has 0 spiro atoms. The van der Waals surface area contributed by atoms with Gasteiger partial charge in [0.1, 0.15) is 0 Å². The molecule has 0 radical (unpaired) electrons. The van der Waals surface area contributed by atoms with E-state index >= 15 is 0 Å². The fraction of sp³-hybridized carbons (Fsp3) is 0. The Labute approximate surface area is 127 Å². The van der Waals surface area contributed by atoms with E-state index < -0.39 is 9.05 Å². The Kier molecular flexibility index (Phi) is 5.23. The first kappa shape index (κ1) is 15.2. The van der Waals surface area contributed by atoms with E-state index in [2.05, 4.69) is 12.6 Å². The maximum atomic E-state index is 11.2. The Bertz CT molecular complexity index is 608. The van der Waals surface area contributed by atoms with Gasteiger partial charge in [-0.2, -0.15) is 0 Å². The number of hydrogen-bond acceptors (Lipinski definition) is 4. The fourth-order valence-electron chi connectivity index (χ4n) is 1.30. The smallest absolute Gasteiger partial charge is 0.207 e. The summed E-state index contributed by atoms with van der Waals surface area (Å²) in [6.45, 7) is 0. The minimum atomic E-state index is -3.69. The van der Waals surface area contributed by atoms with Crippen LogP contribution in [0.4, 0.5) is 0 Å². The van der Waals surface area contributed by atoms with Gasteiger partial charge in [0.2, 0.25) is 0 Å². The Balaban J connectivity index is 0.00000144. The zero-order valence-corrected chi connectivity index (χ0v) is 14.9. The molecule has 0 aliphatic rings. The topological polar surface area (TPSA) is 34.1 Å². The molecule has 1 heterocycles. The summed E-state index contributed by atoms with van der Waals surface area (Å²) >= 11 is 5.82. The second-order valence-electron chi connectivity index (χ2n) is 3.09. The summed E-state index contributed by atoms with van der Waals surface area (Å²) in [5.74, 6) is 0. The summed E-state index contributed by atoms with van der Waals surface area (Å²) in [5.41, 5.74) is 0.778. The van der Waals surface area contributed by atoms with E-state index in [1.807, 2.05) is 17.5 Å². The van der Waals surface area contributed by atoms with Crippen LogP contribution in [0, 0.1) is 0 Å². The van der Waals surface area contributed by atoms with Gasteiger partial charge in [-0.25, -0.2) is 8.42 Å². The zero-order chi connectivity index (χ0) is 11.8. The van der Waals surface area contributed by atoms with E-state index in [0.29, 0.717) is 0 Å². The molecule has 0 saturated carbocycles. The van der Waals surface area contributed by atoms with Crippen LogP contribution in [-0.4, -0.2) is 8.42 Å². The molecule has 0 fully saturated rings. The summed E-state index contributed by atoms with van der Waals surface area (Å²) in [5, 5.41) is 1.92. The first-order chi connectivity index (χ1) is 7.48. The van der Waals surface area contributed by atoms with Crippen molar-refractivity contribution >= 4 is 43.7 Å². The van der Waals surface area contributed by atoms with E-state index in [-0.39, 0.29) is 24.4 Å². The first-order valence-electron chi connectivity index (χ1n) is 4.30.